The molecule has 0 saturated carbocycles. The molecule has 2 nitrogen and oxygen atoms in total. The van der Waals surface area contributed by atoms with E-state index in [4.69, 9.17) is 0 Å². The van der Waals surface area contributed by atoms with Crippen LogP contribution in [-0.2, 0) is 11.0 Å². The normalized spacial score (nSPS) is 22.7. The summed E-state index contributed by atoms with van der Waals surface area (Å²) in [6.45, 7) is 13.4. The number of nitrogens with zero attached hydrogens (tertiary/aromatic N) is 1. The van der Waals surface area contributed by atoms with E-state index in [1.165, 1.54) is 5.56 Å². The van der Waals surface area contributed by atoms with E-state index in [0.717, 1.165) is 5.69 Å². The second-order valence-corrected chi connectivity index (χ2v) is 7.60. The summed E-state index contributed by atoms with van der Waals surface area (Å²) in [4.78, 5) is 4.67. The number of hydrogen-bond acceptors (Lipinski definition) is 2. The molecule has 0 amide bonds. The van der Waals surface area contributed by atoms with Gasteiger partial charge >= 0.3 is 0 Å². The van der Waals surface area contributed by atoms with Gasteiger partial charge in [0.25, 0.3) is 0 Å². The Morgan fingerprint density at radius 2 is 1.75 bits per heavy atom. The molecule has 1 aromatic heterocycles. The first-order chi connectivity index (χ1) is 9.17. The summed E-state index contributed by atoms with van der Waals surface area (Å²) in [6.07, 6.45) is 10.3. The van der Waals surface area contributed by atoms with Gasteiger partial charge in [-0.2, -0.15) is 0 Å². The Kier molecular flexibility index (Phi) is 3.53. The lowest BCUT2D eigenvalue weighted by Crippen LogP contribution is -2.50. The molecule has 2 rings (SSSR count). The summed E-state index contributed by atoms with van der Waals surface area (Å²) >= 11 is 0. The van der Waals surface area contributed by atoms with Gasteiger partial charge in [0.1, 0.15) is 5.54 Å². The van der Waals surface area contributed by atoms with Crippen LogP contribution in [0.15, 0.2) is 42.8 Å². The van der Waals surface area contributed by atoms with Crippen molar-refractivity contribution in [2.24, 2.45) is 5.41 Å². The number of aromatic nitrogens is 1. The molecular formula is C18H26N2. The maximum absolute atomic E-state index is 4.67. The molecule has 0 aliphatic carbocycles. The molecule has 0 fully saturated rings. The maximum atomic E-state index is 4.67. The fourth-order valence-electron chi connectivity index (χ4n) is 2.61. The highest BCUT2D eigenvalue weighted by molar-refractivity contribution is 5.36. The quantitative estimate of drug-likeness (QED) is 0.823. The van der Waals surface area contributed by atoms with E-state index in [0.29, 0.717) is 0 Å². The monoisotopic (exact) mass is 270 g/mol. The van der Waals surface area contributed by atoms with E-state index in [-0.39, 0.29) is 16.4 Å². The van der Waals surface area contributed by atoms with Crippen molar-refractivity contribution in [3.63, 3.8) is 0 Å². The summed E-state index contributed by atoms with van der Waals surface area (Å²) in [5.41, 5.74) is 2.29. The van der Waals surface area contributed by atoms with Gasteiger partial charge in [0.15, 0.2) is 0 Å². The predicted octanol–water partition coefficient (Wildman–Crippen LogP) is 4.29. The summed E-state index contributed by atoms with van der Waals surface area (Å²) < 4.78 is 0. The van der Waals surface area contributed by atoms with Gasteiger partial charge in [-0.1, -0.05) is 53.7 Å². The van der Waals surface area contributed by atoms with E-state index in [9.17, 15) is 0 Å². The van der Waals surface area contributed by atoms with Crippen molar-refractivity contribution in [1.29, 1.82) is 0 Å². The molecule has 1 aliphatic rings. The summed E-state index contributed by atoms with van der Waals surface area (Å²) in [5.74, 6) is 0. The minimum absolute atomic E-state index is 0.0256. The number of rotatable bonds is 1. The summed E-state index contributed by atoms with van der Waals surface area (Å²) in [6, 6.07) is 4.35. The molecule has 0 spiro atoms. The predicted molar refractivity (Wildman–Crippen MR) is 85.5 cm³/mol. The molecule has 2 heteroatoms. The molecule has 1 atom stereocenters. The molecule has 0 radical (unpaired) electrons. The Labute approximate surface area is 123 Å². The fraction of sp³-hybridized carbons (Fsp3) is 0.500. The van der Waals surface area contributed by atoms with E-state index in [1.807, 2.05) is 18.5 Å². The Morgan fingerprint density at radius 1 is 1.05 bits per heavy atom. The van der Waals surface area contributed by atoms with Crippen LogP contribution in [0.3, 0.4) is 0 Å². The van der Waals surface area contributed by atoms with Crippen LogP contribution in [0.2, 0.25) is 0 Å². The van der Waals surface area contributed by atoms with E-state index in [1.54, 1.807) is 0 Å². The Morgan fingerprint density at radius 3 is 2.25 bits per heavy atom. The van der Waals surface area contributed by atoms with Gasteiger partial charge in [-0.05, 0) is 40.8 Å². The zero-order valence-electron chi connectivity index (χ0n) is 13.5. The van der Waals surface area contributed by atoms with Crippen LogP contribution in [0.25, 0.3) is 0 Å². The smallest absolute Gasteiger partial charge is 0.103 e. The largest absolute Gasteiger partial charge is 0.376 e. The van der Waals surface area contributed by atoms with Crippen LogP contribution in [0, 0.1) is 5.41 Å². The number of dihydropyridines is 1. The number of allylic oxidation sites excluding steroid dienone is 2. The fourth-order valence-corrected chi connectivity index (χ4v) is 2.61. The highest BCUT2D eigenvalue weighted by Gasteiger charge is 2.42. The van der Waals surface area contributed by atoms with Crippen molar-refractivity contribution in [3.05, 3.63) is 54.0 Å². The molecule has 1 aromatic rings. The van der Waals surface area contributed by atoms with Gasteiger partial charge in [0.2, 0.25) is 0 Å². The van der Waals surface area contributed by atoms with Crippen molar-refractivity contribution < 1.29 is 0 Å². The third-order valence-corrected chi connectivity index (χ3v) is 4.08. The molecule has 108 valence electrons. The summed E-state index contributed by atoms with van der Waals surface area (Å²) in [7, 11) is 0. The van der Waals surface area contributed by atoms with Gasteiger partial charge in [-0.3, -0.25) is 4.98 Å². The molecule has 2 heterocycles. The lowest BCUT2D eigenvalue weighted by Gasteiger charge is -2.44. The average molecular weight is 270 g/mol. The van der Waals surface area contributed by atoms with Crippen LogP contribution in [0.1, 0.15) is 52.8 Å². The Balaban J connectivity index is 2.57. The maximum Gasteiger partial charge on any atom is 0.103 e. The third kappa shape index (κ3) is 2.52. The topological polar surface area (TPSA) is 24.9 Å². The summed E-state index contributed by atoms with van der Waals surface area (Å²) in [5, 5.41) is 3.54. The van der Waals surface area contributed by atoms with Crippen LogP contribution < -0.4 is 5.32 Å². The SMILES string of the molecule is CC(C)(C)c1ccnc(C2(C(C)(C)C)C=CC=CN2)c1. The number of nitrogens with one attached hydrogen (secondary N) is 1. The van der Waals surface area contributed by atoms with Crippen molar-refractivity contribution in [3.8, 4) is 0 Å². The first-order valence-corrected chi connectivity index (χ1v) is 7.26. The lowest BCUT2D eigenvalue weighted by atomic mass is 9.69. The minimum atomic E-state index is -0.261. The molecule has 0 bridgehead atoms. The van der Waals surface area contributed by atoms with E-state index >= 15 is 0 Å². The minimum Gasteiger partial charge on any atom is -0.376 e. The van der Waals surface area contributed by atoms with Gasteiger partial charge in [-0.15, -0.1) is 0 Å². The van der Waals surface area contributed by atoms with Crippen LogP contribution in [0.4, 0.5) is 0 Å². The standard InChI is InChI=1S/C18H26N2/c1-16(2,3)14-9-12-19-15(13-14)18(17(4,5)6)10-7-8-11-20-18/h7-13,20H,1-6H3. The van der Waals surface area contributed by atoms with Gasteiger partial charge in [-0.25, -0.2) is 0 Å². The van der Waals surface area contributed by atoms with Crippen LogP contribution in [-0.4, -0.2) is 4.98 Å². The number of hydrogen-bond donors (Lipinski definition) is 1. The molecule has 1 aliphatic heterocycles. The molecule has 0 aromatic carbocycles. The zero-order chi connectivity index (χ0) is 15.0. The van der Waals surface area contributed by atoms with E-state index in [2.05, 4.69) is 76.1 Å². The van der Waals surface area contributed by atoms with Crippen LogP contribution in [0.5, 0.6) is 0 Å². The first kappa shape index (κ1) is 14.8. The molecule has 0 saturated heterocycles. The second kappa shape index (κ2) is 4.76. The molecule has 1 unspecified atom stereocenters. The molecule has 20 heavy (non-hydrogen) atoms. The Hall–Kier alpha value is -1.57. The Bertz CT molecular complexity index is 541. The highest BCUT2D eigenvalue weighted by Crippen LogP contribution is 2.41. The van der Waals surface area contributed by atoms with Gasteiger partial charge < -0.3 is 5.32 Å². The lowest BCUT2D eigenvalue weighted by molar-refractivity contribution is 0.202. The van der Waals surface area contributed by atoms with Gasteiger partial charge in [0.05, 0.1) is 5.69 Å². The first-order valence-electron chi connectivity index (χ1n) is 7.26. The van der Waals surface area contributed by atoms with Crippen molar-refractivity contribution in [2.75, 3.05) is 0 Å². The van der Waals surface area contributed by atoms with Crippen molar-refractivity contribution in [1.82, 2.24) is 10.3 Å². The second-order valence-electron chi connectivity index (χ2n) is 7.60. The number of pyridine rings is 1. The molecule has 1 N–H and O–H groups in total. The highest BCUT2D eigenvalue weighted by atomic mass is 15.0. The van der Waals surface area contributed by atoms with Crippen molar-refractivity contribution in [2.45, 2.75) is 52.5 Å². The van der Waals surface area contributed by atoms with Gasteiger partial charge in [0, 0.05) is 6.20 Å². The zero-order valence-corrected chi connectivity index (χ0v) is 13.5. The third-order valence-electron chi connectivity index (χ3n) is 4.08. The average Bonchev–Trinajstić information content (AvgIpc) is 2.37. The van der Waals surface area contributed by atoms with E-state index < -0.39 is 0 Å². The van der Waals surface area contributed by atoms with Crippen LogP contribution >= 0.6 is 0 Å². The van der Waals surface area contributed by atoms with Crippen molar-refractivity contribution >= 4 is 0 Å². The molecular weight excluding hydrogens is 244 g/mol.